The molecule has 0 saturated heterocycles. The highest BCUT2D eigenvalue weighted by atomic mass is 32.1. The molecule has 1 aromatic heterocycles. The third kappa shape index (κ3) is 4.75. The van der Waals surface area contributed by atoms with Crippen LogP contribution in [-0.2, 0) is 0 Å². The summed E-state index contributed by atoms with van der Waals surface area (Å²) in [6, 6.07) is 4.83. The molecule has 1 amide bonds. The minimum Gasteiger partial charge on any atom is -0.492 e. The first kappa shape index (κ1) is 21.7. The van der Waals surface area contributed by atoms with Gasteiger partial charge in [0, 0.05) is 6.04 Å². The molecule has 3 rings (SSSR count). The second-order valence-electron chi connectivity index (χ2n) is 6.65. The Morgan fingerprint density at radius 1 is 1.37 bits per heavy atom. The maximum Gasteiger partial charge on any atom is 0.410 e. The first-order valence-electron chi connectivity index (χ1n) is 9.20. The summed E-state index contributed by atoms with van der Waals surface area (Å²) in [6.07, 6.45) is -3.55. The van der Waals surface area contributed by atoms with Gasteiger partial charge in [-0.3, -0.25) is 15.6 Å². The van der Waals surface area contributed by atoms with Gasteiger partial charge in [-0.25, -0.2) is 4.68 Å². The van der Waals surface area contributed by atoms with Gasteiger partial charge in [-0.15, -0.1) is 0 Å². The molecule has 0 spiro atoms. The third-order valence-corrected chi connectivity index (χ3v) is 4.60. The Hall–Kier alpha value is -3.02. The number of nitrogens with one attached hydrogen (secondary N) is 4. The molecule has 2 heterocycles. The number of carbonyl (C=O) groups excluding carboxylic acids is 1. The van der Waals surface area contributed by atoms with Crippen molar-refractivity contribution >= 4 is 34.7 Å². The Balaban J connectivity index is 1.67. The maximum absolute atomic E-state index is 13.3. The predicted octanol–water partition coefficient (Wildman–Crippen LogP) is 3.22. The number of halogens is 3. The van der Waals surface area contributed by atoms with Crippen molar-refractivity contribution in [3.63, 3.8) is 0 Å². The molecule has 0 bridgehead atoms. The Kier molecular flexibility index (Phi) is 6.34. The van der Waals surface area contributed by atoms with Crippen LogP contribution < -0.4 is 26.2 Å². The topological polar surface area (TPSA) is 92.2 Å². The van der Waals surface area contributed by atoms with Crippen LogP contribution in [0.1, 0.15) is 36.7 Å². The number of carbonyl (C=O) groups is 1. The van der Waals surface area contributed by atoms with Crippen LogP contribution in [0.5, 0.6) is 5.75 Å². The number of hydrogen-bond donors (Lipinski definition) is 4. The maximum atomic E-state index is 13.3. The van der Waals surface area contributed by atoms with Crippen molar-refractivity contribution in [2.45, 2.75) is 38.5 Å². The number of para-hydroxylation sites is 2. The normalized spacial score (nSPS) is 18.0. The molecule has 1 aromatic carbocycles. The Labute approximate surface area is 176 Å². The lowest BCUT2D eigenvalue weighted by Gasteiger charge is -2.31. The second kappa shape index (κ2) is 8.78. The van der Waals surface area contributed by atoms with Crippen LogP contribution in [0.2, 0.25) is 0 Å². The molecule has 4 N–H and O–H groups in total. The number of aromatic nitrogens is 2. The average Bonchev–Trinajstić information content (AvgIpc) is 3.10. The third-order valence-electron chi connectivity index (χ3n) is 4.40. The van der Waals surface area contributed by atoms with Gasteiger partial charge in [0.1, 0.15) is 17.1 Å². The van der Waals surface area contributed by atoms with Crippen LogP contribution in [-0.4, -0.2) is 39.6 Å². The zero-order valence-corrected chi connectivity index (χ0v) is 17.0. The van der Waals surface area contributed by atoms with Gasteiger partial charge in [-0.2, -0.15) is 18.3 Å². The fraction of sp³-hybridized carbons (Fsp3) is 0.389. The quantitative estimate of drug-likeness (QED) is 0.427. The van der Waals surface area contributed by atoms with E-state index in [0.29, 0.717) is 18.0 Å². The lowest BCUT2D eigenvalue weighted by molar-refractivity contribution is -0.173. The predicted molar refractivity (Wildman–Crippen MR) is 109 cm³/mol. The number of ether oxygens (including phenoxy) is 1. The summed E-state index contributed by atoms with van der Waals surface area (Å²) in [6.45, 7) is 3.93. The molecule has 8 nitrogen and oxygen atoms in total. The number of hydrogen-bond acceptors (Lipinski definition) is 5. The molecular weight excluding hydrogens is 421 g/mol. The zero-order valence-electron chi connectivity index (χ0n) is 16.2. The van der Waals surface area contributed by atoms with Crippen LogP contribution in [0.3, 0.4) is 0 Å². The minimum atomic E-state index is -4.47. The second-order valence-corrected chi connectivity index (χ2v) is 7.06. The van der Waals surface area contributed by atoms with Gasteiger partial charge in [-0.05, 0) is 44.6 Å². The van der Waals surface area contributed by atoms with Crippen molar-refractivity contribution in [3.05, 3.63) is 36.0 Å². The highest BCUT2D eigenvalue weighted by molar-refractivity contribution is 7.80. The number of hydrazine groups is 1. The molecule has 0 aliphatic carbocycles. The van der Waals surface area contributed by atoms with Gasteiger partial charge in [0.2, 0.25) is 0 Å². The first-order chi connectivity index (χ1) is 14.2. The number of nitrogens with zero attached hydrogens (tertiary/aromatic N) is 2. The number of alkyl halides is 3. The molecule has 162 valence electrons. The summed E-state index contributed by atoms with van der Waals surface area (Å²) in [5.41, 5.74) is 5.46. The van der Waals surface area contributed by atoms with E-state index in [2.05, 4.69) is 26.6 Å². The highest BCUT2D eigenvalue weighted by Crippen LogP contribution is 2.40. The van der Waals surface area contributed by atoms with Crippen molar-refractivity contribution in [2.24, 2.45) is 0 Å². The Morgan fingerprint density at radius 3 is 2.80 bits per heavy atom. The minimum absolute atomic E-state index is 0.0101. The van der Waals surface area contributed by atoms with Crippen LogP contribution >= 0.6 is 12.2 Å². The molecular formula is C18H21F3N6O2S. The van der Waals surface area contributed by atoms with Crippen LogP contribution in [0.15, 0.2) is 30.5 Å². The van der Waals surface area contributed by atoms with E-state index in [-0.39, 0.29) is 22.9 Å². The molecule has 0 unspecified atom stereocenters. The smallest absolute Gasteiger partial charge is 0.410 e. The highest BCUT2D eigenvalue weighted by Gasteiger charge is 2.46. The number of benzene rings is 1. The number of amides is 1. The van der Waals surface area contributed by atoms with E-state index in [1.165, 1.54) is 0 Å². The van der Waals surface area contributed by atoms with E-state index in [1.54, 1.807) is 31.2 Å². The standard InChI is InChI=1S/C18H21F3N6O2S/c1-3-29-13-7-5-4-6-12(13)24-17(30)26-25-16(28)11-9-22-27-14(18(19,20)21)8-10(2)23-15(11)27/h4-7,9-10,14,23H,3,8H2,1-2H3,(H,25,28)(H2,24,26,30)/t10-,14+/m0/s1. The molecule has 0 radical (unpaired) electrons. The van der Waals surface area contributed by atoms with Crippen LogP contribution in [0, 0.1) is 0 Å². The fourth-order valence-corrected chi connectivity index (χ4v) is 3.25. The van der Waals surface area contributed by atoms with Crippen LogP contribution in [0.25, 0.3) is 0 Å². The van der Waals surface area contributed by atoms with Crippen LogP contribution in [0.4, 0.5) is 24.7 Å². The van der Waals surface area contributed by atoms with Gasteiger partial charge in [0.15, 0.2) is 11.2 Å². The largest absolute Gasteiger partial charge is 0.492 e. The lowest BCUT2D eigenvalue weighted by atomic mass is 10.1. The van der Waals surface area contributed by atoms with E-state index in [4.69, 9.17) is 17.0 Å². The molecule has 1 aliphatic heterocycles. The molecule has 30 heavy (non-hydrogen) atoms. The lowest BCUT2D eigenvalue weighted by Crippen LogP contribution is -2.44. The molecule has 0 saturated carbocycles. The molecule has 12 heteroatoms. The van der Waals surface area contributed by atoms with E-state index >= 15 is 0 Å². The van der Waals surface area contributed by atoms with E-state index in [1.807, 2.05) is 6.92 Å². The number of anilines is 2. The summed E-state index contributed by atoms with van der Waals surface area (Å²) in [5.74, 6) is -0.0884. The van der Waals surface area contributed by atoms with Gasteiger partial charge in [0.25, 0.3) is 5.91 Å². The average molecular weight is 442 g/mol. The summed E-state index contributed by atoms with van der Waals surface area (Å²) < 4.78 is 46.2. The SMILES string of the molecule is CCOc1ccccc1NC(=S)NNC(=O)c1cnn2c1N[C@@H](C)C[C@@H]2C(F)(F)F. The zero-order chi connectivity index (χ0) is 21.9. The van der Waals surface area contributed by atoms with E-state index in [0.717, 1.165) is 10.9 Å². The summed E-state index contributed by atoms with van der Waals surface area (Å²) in [7, 11) is 0. The van der Waals surface area contributed by atoms with Crippen molar-refractivity contribution in [1.82, 2.24) is 20.6 Å². The van der Waals surface area contributed by atoms with Gasteiger partial charge < -0.3 is 15.4 Å². The van der Waals surface area contributed by atoms with E-state index < -0.39 is 24.2 Å². The monoisotopic (exact) mass is 442 g/mol. The number of fused-ring (bicyclic) bond motifs is 1. The molecule has 1 aliphatic rings. The van der Waals surface area contributed by atoms with Gasteiger partial charge >= 0.3 is 6.18 Å². The summed E-state index contributed by atoms with van der Waals surface area (Å²) in [4.78, 5) is 12.5. The number of thiocarbonyl (C=S) groups is 1. The number of rotatable bonds is 4. The Morgan fingerprint density at radius 2 is 2.10 bits per heavy atom. The molecule has 2 atom stereocenters. The summed E-state index contributed by atoms with van der Waals surface area (Å²) >= 11 is 5.16. The molecule has 0 fully saturated rings. The van der Waals surface area contributed by atoms with Crippen molar-refractivity contribution < 1.29 is 22.7 Å². The van der Waals surface area contributed by atoms with Crippen molar-refractivity contribution in [2.75, 3.05) is 17.2 Å². The molecule has 2 aromatic rings. The van der Waals surface area contributed by atoms with E-state index in [9.17, 15) is 18.0 Å². The van der Waals surface area contributed by atoms with Gasteiger partial charge in [-0.1, -0.05) is 12.1 Å². The Bertz CT molecular complexity index is 933. The van der Waals surface area contributed by atoms with Crippen molar-refractivity contribution in [3.8, 4) is 5.75 Å². The summed E-state index contributed by atoms with van der Waals surface area (Å²) in [5, 5.41) is 9.62. The van der Waals surface area contributed by atoms with Crippen molar-refractivity contribution in [1.29, 1.82) is 0 Å². The first-order valence-corrected chi connectivity index (χ1v) is 9.61. The van der Waals surface area contributed by atoms with Gasteiger partial charge in [0.05, 0.1) is 18.5 Å². The fourth-order valence-electron chi connectivity index (χ4n) is 3.09.